The lowest BCUT2D eigenvalue weighted by atomic mass is 9.94. The van der Waals surface area contributed by atoms with Crippen LogP contribution < -0.4 is 14.8 Å². The Hall–Kier alpha value is -3.48. The Balaban J connectivity index is 0.00000218. The molecule has 0 spiro atoms. The lowest BCUT2D eigenvalue weighted by Gasteiger charge is -2.17. The molecule has 2 aliphatic rings. The van der Waals surface area contributed by atoms with Gasteiger partial charge in [0, 0.05) is 24.2 Å². The highest BCUT2D eigenvalue weighted by Gasteiger charge is 2.51. The maximum Gasteiger partial charge on any atom is 0.338 e. The first-order valence-corrected chi connectivity index (χ1v) is 9.60. The van der Waals surface area contributed by atoms with E-state index in [1.165, 1.54) is 0 Å². The minimum Gasteiger partial charge on any atom is -0.462 e. The van der Waals surface area contributed by atoms with Crippen LogP contribution in [0.25, 0.3) is 10.9 Å². The molecule has 1 aliphatic carbocycles. The highest BCUT2D eigenvalue weighted by molar-refractivity contribution is 6.08. The maximum absolute atomic E-state index is 13.2. The number of hydrogen-bond donors (Lipinski definition) is 2. The van der Waals surface area contributed by atoms with Gasteiger partial charge >= 0.3 is 5.97 Å². The molecule has 5 rings (SSSR count). The van der Waals surface area contributed by atoms with Crippen molar-refractivity contribution in [3.8, 4) is 11.5 Å². The lowest BCUT2D eigenvalue weighted by molar-refractivity contribution is -0.118. The van der Waals surface area contributed by atoms with Crippen LogP contribution in [0.5, 0.6) is 11.5 Å². The Labute approximate surface area is 168 Å². The summed E-state index contributed by atoms with van der Waals surface area (Å²) in [4.78, 5) is 28.6. The molecule has 7 heteroatoms. The second kappa shape index (κ2) is 6.55. The normalized spacial score (nSPS) is 15.9. The number of fused-ring (bicyclic) bond motifs is 2. The Kier molecular flexibility index (Phi) is 3.97. The van der Waals surface area contributed by atoms with E-state index in [0.29, 0.717) is 22.7 Å². The summed E-state index contributed by atoms with van der Waals surface area (Å²) < 4.78 is 16.0. The van der Waals surface area contributed by atoms with Crippen LogP contribution >= 0.6 is 0 Å². The monoisotopic (exact) mass is 394 g/mol. The Bertz CT molecular complexity index is 1140. The van der Waals surface area contributed by atoms with Gasteiger partial charge in [-0.2, -0.15) is 0 Å². The number of aromatic amines is 1. The maximum atomic E-state index is 13.2. The standard InChI is InChI=1S/C22H20N2O5.H2/c1-2-27-20(25)16-10-14(11-17-15(16)5-8-23-17)24-21(26)22(6-7-22)13-3-4-18-19(9-13)29-12-28-18;/h3-5,8-11,23H,2,6-7,12H2,1H3,(H,24,26);1H. The molecule has 1 saturated carbocycles. The molecule has 1 fully saturated rings. The van der Waals surface area contributed by atoms with Crippen molar-refractivity contribution in [3.63, 3.8) is 0 Å². The SMILES string of the molecule is CCOC(=O)c1cc(NC(=O)C2(c3ccc4c(c3)OCO4)CC2)cc2[nH]ccc12.[HH]. The first-order valence-electron chi connectivity index (χ1n) is 9.60. The van der Waals surface area contributed by atoms with E-state index in [2.05, 4.69) is 10.3 Å². The van der Waals surface area contributed by atoms with Crippen molar-refractivity contribution < 1.29 is 25.2 Å². The molecule has 2 N–H and O–H groups in total. The predicted molar refractivity (Wildman–Crippen MR) is 108 cm³/mol. The third-order valence-electron chi connectivity index (χ3n) is 5.53. The highest BCUT2D eigenvalue weighted by atomic mass is 16.7. The number of amides is 1. The van der Waals surface area contributed by atoms with Gasteiger partial charge in [-0.15, -0.1) is 0 Å². The van der Waals surface area contributed by atoms with Crippen molar-refractivity contribution in [1.82, 2.24) is 4.98 Å². The molecule has 3 aromatic rings. The minimum absolute atomic E-state index is 0. The predicted octanol–water partition coefficient (Wildman–Crippen LogP) is 3.99. The van der Waals surface area contributed by atoms with E-state index < -0.39 is 11.4 Å². The van der Waals surface area contributed by atoms with Gasteiger partial charge in [0.2, 0.25) is 12.7 Å². The van der Waals surface area contributed by atoms with Crippen LogP contribution in [-0.4, -0.2) is 30.3 Å². The summed E-state index contributed by atoms with van der Waals surface area (Å²) in [5.74, 6) is 0.849. The lowest BCUT2D eigenvalue weighted by Crippen LogP contribution is -2.28. The van der Waals surface area contributed by atoms with E-state index in [-0.39, 0.29) is 20.7 Å². The molecule has 1 aromatic heterocycles. The van der Waals surface area contributed by atoms with Gasteiger partial charge in [-0.25, -0.2) is 4.79 Å². The van der Waals surface area contributed by atoms with Crippen molar-refractivity contribution in [2.75, 3.05) is 18.7 Å². The van der Waals surface area contributed by atoms with Crippen molar-refractivity contribution in [1.29, 1.82) is 0 Å². The molecule has 1 aliphatic heterocycles. The summed E-state index contributed by atoms with van der Waals surface area (Å²) in [5.41, 5.74) is 2.06. The molecule has 7 nitrogen and oxygen atoms in total. The molecule has 0 atom stereocenters. The van der Waals surface area contributed by atoms with Crippen LogP contribution in [-0.2, 0) is 14.9 Å². The minimum atomic E-state index is -0.588. The Morgan fingerprint density at radius 3 is 2.79 bits per heavy atom. The molecule has 29 heavy (non-hydrogen) atoms. The summed E-state index contributed by atoms with van der Waals surface area (Å²) in [5, 5.41) is 3.75. The number of benzene rings is 2. The summed E-state index contributed by atoms with van der Waals surface area (Å²) in [7, 11) is 0. The molecular weight excluding hydrogens is 372 g/mol. The zero-order chi connectivity index (χ0) is 20.0. The fourth-order valence-electron chi connectivity index (χ4n) is 3.83. The van der Waals surface area contributed by atoms with Gasteiger partial charge < -0.3 is 24.5 Å². The average molecular weight is 394 g/mol. The molecule has 0 saturated heterocycles. The van der Waals surface area contributed by atoms with Gasteiger partial charge in [0.15, 0.2) is 11.5 Å². The number of carbonyl (C=O) groups is 2. The molecular formula is C22H22N2O5. The van der Waals surface area contributed by atoms with Crippen LogP contribution in [0.1, 0.15) is 37.1 Å². The van der Waals surface area contributed by atoms with Crippen molar-refractivity contribution in [3.05, 3.63) is 53.7 Å². The van der Waals surface area contributed by atoms with Crippen LogP contribution in [0.4, 0.5) is 5.69 Å². The van der Waals surface area contributed by atoms with Gasteiger partial charge in [0.25, 0.3) is 0 Å². The average Bonchev–Trinajstić information content (AvgIpc) is 3.17. The van der Waals surface area contributed by atoms with E-state index in [4.69, 9.17) is 14.2 Å². The van der Waals surface area contributed by atoms with Crippen molar-refractivity contribution >= 4 is 28.5 Å². The van der Waals surface area contributed by atoms with Gasteiger partial charge in [-0.05, 0) is 55.7 Å². The number of aromatic nitrogens is 1. The number of hydrogen-bond acceptors (Lipinski definition) is 5. The van der Waals surface area contributed by atoms with Crippen LogP contribution in [0.3, 0.4) is 0 Å². The Morgan fingerprint density at radius 2 is 2.00 bits per heavy atom. The second-order valence-electron chi connectivity index (χ2n) is 7.29. The van der Waals surface area contributed by atoms with E-state index in [1.807, 2.05) is 30.3 Å². The Morgan fingerprint density at radius 1 is 1.17 bits per heavy atom. The van der Waals surface area contributed by atoms with E-state index in [9.17, 15) is 9.59 Å². The number of carbonyl (C=O) groups excluding carboxylic acids is 2. The number of nitrogens with one attached hydrogen (secondary N) is 2. The van der Waals surface area contributed by atoms with Gasteiger partial charge in [-0.1, -0.05) is 6.07 Å². The molecule has 2 aromatic carbocycles. The van der Waals surface area contributed by atoms with Gasteiger partial charge in [-0.3, -0.25) is 4.79 Å². The van der Waals surface area contributed by atoms with E-state index in [0.717, 1.165) is 29.3 Å². The number of ether oxygens (including phenoxy) is 3. The molecule has 0 radical (unpaired) electrons. The van der Waals surface area contributed by atoms with E-state index in [1.54, 1.807) is 19.2 Å². The summed E-state index contributed by atoms with van der Waals surface area (Å²) in [6.45, 7) is 2.25. The number of esters is 1. The van der Waals surface area contributed by atoms with Crippen molar-refractivity contribution in [2.45, 2.75) is 25.2 Å². The van der Waals surface area contributed by atoms with Crippen molar-refractivity contribution in [2.24, 2.45) is 0 Å². The molecule has 0 bridgehead atoms. The number of H-pyrrole nitrogens is 1. The first-order chi connectivity index (χ1) is 14.1. The smallest absolute Gasteiger partial charge is 0.338 e. The quantitative estimate of drug-likeness (QED) is 0.639. The molecule has 1 amide bonds. The highest BCUT2D eigenvalue weighted by Crippen LogP contribution is 2.51. The largest absolute Gasteiger partial charge is 0.462 e. The summed E-state index contributed by atoms with van der Waals surface area (Å²) >= 11 is 0. The van der Waals surface area contributed by atoms with Gasteiger partial charge in [0.05, 0.1) is 17.6 Å². The fraction of sp³-hybridized carbons (Fsp3) is 0.273. The number of rotatable bonds is 5. The fourth-order valence-corrected chi connectivity index (χ4v) is 3.83. The van der Waals surface area contributed by atoms with Crippen LogP contribution in [0, 0.1) is 0 Å². The molecule has 2 heterocycles. The number of anilines is 1. The van der Waals surface area contributed by atoms with Crippen LogP contribution in [0.2, 0.25) is 0 Å². The second-order valence-corrected chi connectivity index (χ2v) is 7.29. The molecule has 0 unspecified atom stereocenters. The first kappa shape index (κ1) is 17.6. The third-order valence-corrected chi connectivity index (χ3v) is 5.53. The topological polar surface area (TPSA) is 89.7 Å². The van der Waals surface area contributed by atoms with E-state index >= 15 is 0 Å². The summed E-state index contributed by atoms with van der Waals surface area (Å²) in [6.07, 6.45) is 3.27. The zero-order valence-corrected chi connectivity index (χ0v) is 15.9. The zero-order valence-electron chi connectivity index (χ0n) is 15.9. The summed E-state index contributed by atoms with van der Waals surface area (Å²) in [6, 6.07) is 11.0. The molecule has 150 valence electrons. The van der Waals surface area contributed by atoms with Gasteiger partial charge in [0.1, 0.15) is 0 Å². The third kappa shape index (κ3) is 2.90. The van der Waals surface area contributed by atoms with Crippen LogP contribution in [0.15, 0.2) is 42.6 Å².